The summed E-state index contributed by atoms with van der Waals surface area (Å²) in [6.07, 6.45) is 6.76. The molecule has 1 atom stereocenters. The van der Waals surface area contributed by atoms with Gasteiger partial charge in [-0.25, -0.2) is 9.97 Å². The van der Waals surface area contributed by atoms with Gasteiger partial charge in [-0.2, -0.15) is 0 Å². The van der Waals surface area contributed by atoms with Gasteiger partial charge in [0.1, 0.15) is 16.6 Å². The van der Waals surface area contributed by atoms with Crippen LogP contribution < -0.4 is 10.2 Å². The minimum atomic E-state index is -0.508. The fraction of sp³-hybridized carbons (Fsp3) is 0.607. The van der Waals surface area contributed by atoms with Crippen molar-refractivity contribution in [1.29, 1.82) is 0 Å². The lowest BCUT2D eigenvalue weighted by atomic mass is 9.90. The van der Waals surface area contributed by atoms with Crippen LogP contribution in [0.5, 0.6) is 0 Å². The zero-order valence-corrected chi connectivity index (χ0v) is 23.2. The molecule has 0 spiro atoms. The summed E-state index contributed by atoms with van der Waals surface area (Å²) in [6, 6.07) is 6.69. The summed E-state index contributed by atoms with van der Waals surface area (Å²) >= 11 is 5.95. The van der Waals surface area contributed by atoms with Gasteiger partial charge in [0.25, 0.3) is 0 Å². The summed E-state index contributed by atoms with van der Waals surface area (Å²) in [7, 11) is 0. The maximum Gasteiger partial charge on any atom is 0.306 e. The summed E-state index contributed by atoms with van der Waals surface area (Å²) in [5.74, 6) is 0.834. The average molecular weight is 517 g/mol. The van der Waals surface area contributed by atoms with Gasteiger partial charge in [0, 0.05) is 12.6 Å². The number of rotatable bonds is 9. The highest BCUT2D eigenvalue weighted by atomic mass is 35.5. The first-order chi connectivity index (χ1) is 16.9. The van der Waals surface area contributed by atoms with E-state index in [2.05, 4.69) is 52.2 Å². The molecular weight excluding hydrogens is 476 g/mol. The molecule has 8 heteroatoms. The summed E-state index contributed by atoms with van der Waals surface area (Å²) < 4.78 is 5.55. The van der Waals surface area contributed by atoms with E-state index < -0.39 is 5.60 Å². The largest absolute Gasteiger partial charge is 0.460 e. The number of hydrogen-bond donors (Lipinski definition) is 2. The van der Waals surface area contributed by atoms with E-state index >= 15 is 0 Å². The van der Waals surface area contributed by atoms with Crippen LogP contribution in [0.2, 0.25) is 5.15 Å². The fourth-order valence-electron chi connectivity index (χ4n) is 4.68. The van der Waals surface area contributed by atoms with E-state index in [1.807, 2.05) is 27.7 Å². The predicted molar refractivity (Wildman–Crippen MR) is 146 cm³/mol. The van der Waals surface area contributed by atoms with Gasteiger partial charge in [-0.15, -0.1) is 0 Å². The molecule has 36 heavy (non-hydrogen) atoms. The highest BCUT2D eigenvalue weighted by molar-refractivity contribution is 6.29. The lowest BCUT2D eigenvalue weighted by molar-refractivity contribution is -0.155. The molecule has 198 valence electrons. The number of aliphatic hydroxyl groups is 1. The number of nitrogens with one attached hydrogen (secondary N) is 1. The first-order valence-electron chi connectivity index (χ1n) is 13.0. The van der Waals surface area contributed by atoms with E-state index in [-0.39, 0.29) is 18.0 Å². The first kappa shape index (κ1) is 28.2. The van der Waals surface area contributed by atoms with Crippen molar-refractivity contribution in [3.05, 3.63) is 41.3 Å². The summed E-state index contributed by atoms with van der Waals surface area (Å²) in [5.41, 5.74) is 2.52. The molecule has 3 rings (SSSR count). The molecule has 1 heterocycles. The Labute approximate surface area is 220 Å². The van der Waals surface area contributed by atoms with E-state index in [0.717, 1.165) is 49.2 Å². The molecule has 1 fully saturated rings. The van der Waals surface area contributed by atoms with E-state index in [1.54, 1.807) is 6.20 Å². The molecule has 0 saturated heterocycles. The third-order valence-electron chi connectivity index (χ3n) is 6.34. The molecule has 0 amide bonds. The molecule has 1 aliphatic carbocycles. The van der Waals surface area contributed by atoms with Crippen LogP contribution in [-0.2, 0) is 9.53 Å². The Morgan fingerprint density at radius 3 is 2.44 bits per heavy atom. The van der Waals surface area contributed by atoms with Crippen molar-refractivity contribution in [2.45, 2.75) is 97.3 Å². The minimum Gasteiger partial charge on any atom is -0.460 e. The zero-order valence-electron chi connectivity index (χ0n) is 22.4. The van der Waals surface area contributed by atoms with Gasteiger partial charge < -0.3 is 20.1 Å². The predicted octanol–water partition coefficient (Wildman–Crippen LogP) is 6.47. The number of hydrogen-bond acceptors (Lipinski definition) is 7. The molecule has 1 unspecified atom stereocenters. The van der Waals surface area contributed by atoms with Gasteiger partial charge in [-0.05, 0) is 76.0 Å². The minimum absolute atomic E-state index is 0.0193. The molecule has 2 aromatic rings. The van der Waals surface area contributed by atoms with E-state index in [4.69, 9.17) is 16.3 Å². The van der Waals surface area contributed by atoms with E-state index in [9.17, 15) is 9.90 Å². The third-order valence-corrected chi connectivity index (χ3v) is 6.54. The second-order valence-electron chi connectivity index (χ2n) is 11.3. The van der Waals surface area contributed by atoms with Crippen LogP contribution in [0.3, 0.4) is 0 Å². The molecule has 7 nitrogen and oxygen atoms in total. The number of anilines is 3. The molecule has 1 aliphatic rings. The second-order valence-corrected chi connectivity index (χ2v) is 11.7. The van der Waals surface area contributed by atoms with Gasteiger partial charge >= 0.3 is 5.97 Å². The number of nitrogens with zero attached hydrogens (tertiary/aromatic N) is 3. The number of benzene rings is 1. The SMILES string of the molecule is CC(C)CN(c1ccc(C(C)CC(=O)OC(C)(C)C)cc1Nc1cnc(Cl)cn1)C1CCC(O)CC1. The van der Waals surface area contributed by atoms with E-state index in [1.165, 1.54) is 6.20 Å². The number of esters is 1. The van der Waals surface area contributed by atoms with Crippen LogP contribution in [0.4, 0.5) is 17.2 Å². The number of carbonyl (C=O) groups is 1. The normalized spacial score (nSPS) is 19.1. The quantitative estimate of drug-likeness (QED) is 0.369. The Kier molecular flexibility index (Phi) is 9.59. The zero-order chi connectivity index (χ0) is 26.5. The van der Waals surface area contributed by atoms with Crippen molar-refractivity contribution >= 4 is 34.8 Å². The third kappa shape index (κ3) is 8.34. The van der Waals surface area contributed by atoms with Crippen molar-refractivity contribution in [2.75, 3.05) is 16.8 Å². The molecule has 1 aromatic heterocycles. The van der Waals surface area contributed by atoms with Crippen LogP contribution in [0.25, 0.3) is 0 Å². The van der Waals surface area contributed by atoms with Crippen LogP contribution in [0.15, 0.2) is 30.6 Å². The first-order valence-corrected chi connectivity index (χ1v) is 13.3. The lowest BCUT2D eigenvalue weighted by Gasteiger charge is -2.39. The lowest BCUT2D eigenvalue weighted by Crippen LogP contribution is -2.41. The van der Waals surface area contributed by atoms with Crippen LogP contribution in [-0.4, -0.2) is 45.3 Å². The van der Waals surface area contributed by atoms with Crippen molar-refractivity contribution in [2.24, 2.45) is 5.92 Å². The number of carbonyl (C=O) groups excluding carboxylic acids is 1. The van der Waals surface area contributed by atoms with Crippen LogP contribution in [0, 0.1) is 5.92 Å². The molecule has 1 aromatic carbocycles. The van der Waals surface area contributed by atoms with Gasteiger partial charge in [0.05, 0.1) is 36.3 Å². The van der Waals surface area contributed by atoms with Gasteiger partial charge in [-0.3, -0.25) is 4.79 Å². The molecular formula is C28H41ClN4O3. The van der Waals surface area contributed by atoms with Gasteiger partial charge in [0.2, 0.25) is 0 Å². The highest BCUT2D eigenvalue weighted by Gasteiger charge is 2.28. The van der Waals surface area contributed by atoms with Crippen molar-refractivity contribution < 1.29 is 14.6 Å². The Morgan fingerprint density at radius 2 is 1.86 bits per heavy atom. The molecule has 1 saturated carbocycles. The van der Waals surface area contributed by atoms with Gasteiger partial charge in [-0.1, -0.05) is 38.4 Å². The highest BCUT2D eigenvalue weighted by Crippen LogP contribution is 2.37. The number of aliphatic hydroxyl groups excluding tert-OH is 1. The Balaban J connectivity index is 1.95. The van der Waals surface area contributed by atoms with Crippen LogP contribution >= 0.6 is 11.6 Å². The molecule has 0 bridgehead atoms. The fourth-order valence-corrected chi connectivity index (χ4v) is 4.78. The van der Waals surface area contributed by atoms with Crippen molar-refractivity contribution in [1.82, 2.24) is 9.97 Å². The van der Waals surface area contributed by atoms with Crippen LogP contribution in [0.1, 0.15) is 85.1 Å². The Morgan fingerprint density at radius 1 is 1.17 bits per heavy atom. The van der Waals surface area contributed by atoms with E-state index in [0.29, 0.717) is 29.4 Å². The maximum atomic E-state index is 12.5. The Bertz CT molecular complexity index is 999. The number of ether oxygens (including phenoxy) is 1. The number of halogens is 1. The van der Waals surface area contributed by atoms with Crippen molar-refractivity contribution in [3.63, 3.8) is 0 Å². The summed E-state index contributed by atoms with van der Waals surface area (Å²) in [6.45, 7) is 13.0. The maximum absolute atomic E-state index is 12.5. The standard InChI is InChI=1S/C28H41ClN4O3/c1-18(2)17-33(21-8-10-22(34)11-9-21)24-12-7-20(19(3)13-27(35)36-28(4,5)6)14-23(24)32-26-16-30-25(29)15-31-26/h7,12,14-16,18-19,21-22,34H,8-11,13,17H2,1-6H3,(H,31,32). The monoisotopic (exact) mass is 516 g/mol. The smallest absolute Gasteiger partial charge is 0.306 e. The number of aromatic nitrogens is 2. The summed E-state index contributed by atoms with van der Waals surface area (Å²) in [5, 5.41) is 13.9. The second kappa shape index (κ2) is 12.2. The molecule has 2 N–H and O–H groups in total. The van der Waals surface area contributed by atoms with Crippen molar-refractivity contribution in [3.8, 4) is 0 Å². The average Bonchev–Trinajstić information content (AvgIpc) is 2.78. The Hall–Kier alpha value is -2.38. The topological polar surface area (TPSA) is 87.6 Å². The molecule has 0 radical (unpaired) electrons. The summed E-state index contributed by atoms with van der Waals surface area (Å²) in [4.78, 5) is 23.5. The van der Waals surface area contributed by atoms with Gasteiger partial charge in [0.15, 0.2) is 0 Å². The molecule has 0 aliphatic heterocycles.